The molecule has 1 N–H and O–H groups in total. The van der Waals surface area contributed by atoms with Crippen LogP contribution in [0.3, 0.4) is 0 Å². The third-order valence-corrected chi connectivity index (χ3v) is 4.30. The van der Waals surface area contributed by atoms with Crippen molar-refractivity contribution in [3.8, 4) is 11.5 Å². The first-order chi connectivity index (χ1) is 12.7. The molecule has 0 aliphatic rings. The van der Waals surface area contributed by atoms with E-state index in [1.54, 1.807) is 19.2 Å². The number of methoxy groups -OCH3 is 1. The topological polar surface area (TPSA) is 30.5 Å². The van der Waals surface area contributed by atoms with Crippen LogP contribution in [-0.4, -0.2) is 13.7 Å². The summed E-state index contributed by atoms with van der Waals surface area (Å²) in [5.74, 6) is 1.35. The monoisotopic (exact) mass is 359 g/mol. The SMILES string of the molecule is CCCCCCCOc1ccc(CNCc2ccc(F)cc2)cc1OC. The predicted octanol–water partition coefficient (Wildman–Crippen LogP) is 5.47. The van der Waals surface area contributed by atoms with Crippen molar-refractivity contribution in [3.05, 3.63) is 59.4 Å². The van der Waals surface area contributed by atoms with Gasteiger partial charge in [-0.25, -0.2) is 4.39 Å². The summed E-state index contributed by atoms with van der Waals surface area (Å²) in [5.41, 5.74) is 2.18. The number of ether oxygens (including phenoxy) is 2. The highest BCUT2D eigenvalue weighted by atomic mass is 19.1. The third-order valence-electron chi connectivity index (χ3n) is 4.30. The van der Waals surface area contributed by atoms with E-state index in [9.17, 15) is 4.39 Å². The van der Waals surface area contributed by atoms with Gasteiger partial charge in [-0.2, -0.15) is 0 Å². The molecule has 0 fully saturated rings. The highest BCUT2D eigenvalue weighted by Gasteiger charge is 2.06. The number of hydrogen-bond donors (Lipinski definition) is 1. The van der Waals surface area contributed by atoms with Crippen LogP contribution in [-0.2, 0) is 13.1 Å². The summed E-state index contributed by atoms with van der Waals surface area (Å²) in [4.78, 5) is 0. The number of benzene rings is 2. The largest absolute Gasteiger partial charge is 0.493 e. The maximum absolute atomic E-state index is 12.9. The number of hydrogen-bond acceptors (Lipinski definition) is 3. The lowest BCUT2D eigenvalue weighted by atomic mass is 10.1. The molecule has 0 unspecified atom stereocenters. The molecule has 0 atom stereocenters. The van der Waals surface area contributed by atoms with Gasteiger partial charge in [0.15, 0.2) is 11.5 Å². The Morgan fingerprint density at radius 1 is 0.846 bits per heavy atom. The minimum Gasteiger partial charge on any atom is -0.493 e. The van der Waals surface area contributed by atoms with Crippen molar-refractivity contribution in [2.45, 2.75) is 52.1 Å². The minimum atomic E-state index is -0.209. The smallest absolute Gasteiger partial charge is 0.161 e. The van der Waals surface area contributed by atoms with Crippen LogP contribution in [0.4, 0.5) is 4.39 Å². The molecule has 0 radical (unpaired) electrons. The fourth-order valence-corrected chi connectivity index (χ4v) is 2.78. The molecule has 2 aromatic carbocycles. The van der Waals surface area contributed by atoms with Gasteiger partial charge in [0.05, 0.1) is 13.7 Å². The minimum absolute atomic E-state index is 0.209. The molecule has 0 saturated heterocycles. The van der Waals surface area contributed by atoms with Gasteiger partial charge in [0, 0.05) is 13.1 Å². The highest BCUT2D eigenvalue weighted by Crippen LogP contribution is 2.28. The Labute approximate surface area is 156 Å². The Morgan fingerprint density at radius 2 is 1.54 bits per heavy atom. The second-order valence-electron chi connectivity index (χ2n) is 6.48. The second-order valence-corrected chi connectivity index (χ2v) is 6.48. The Hall–Kier alpha value is -2.07. The normalized spacial score (nSPS) is 10.7. The van der Waals surface area contributed by atoms with Gasteiger partial charge in [0.25, 0.3) is 0 Å². The van der Waals surface area contributed by atoms with Gasteiger partial charge >= 0.3 is 0 Å². The molecular weight excluding hydrogens is 329 g/mol. The van der Waals surface area contributed by atoms with Gasteiger partial charge in [-0.05, 0) is 41.8 Å². The zero-order valence-corrected chi connectivity index (χ0v) is 15.9. The van der Waals surface area contributed by atoms with Gasteiger partial charge in [-0.1, -0.05) is 50.8 Å². The van der Waals surface area contributed by atoms with E-state index in [1.807, 2.05) is 18.2 Å². The first-order valence-electron chi connectivity index (χ1n) is 9.47. The lowest BCUT2D eigenvalue weighted by Crippen LogP contribution is -2.12. The summed E-state index contributed by atoms with van der Waals surface area (Å²) in [6.07, 6.45) is 6.11. The first kappa shape index (κ1) is 20.2. The Bertz CT molecular complexity index is 643. The number of unbranched alkanes of at least 4 members (excludes halogenated alkanes) is 4. The molecule has 0 aliphatic heterocycles. The molecule has 0 amide bonds. The molecule has 0 spiro atoms. The Kier molecular flexibility index (Phi) is 8.98. The third kappa shape index (κ3) is 7.04. The van der Waals surface area contributed by atoms with E-state index < -0.39 is 0 Å². The molecule has 0 bridgehead atoms. The van der Waals surface area contributed by atoms with Crippen molar-refractivity contribution < 1.29 is 13.9 Å². The second kappa shape index (κ2) is 11.5. The van der Waals surface area contributed by atoms with Crippen LogP contribution in [0.1, 0.15) is 50.2 Å². The van der Waals surface area contributed by atoms with Crippen molar-refractivity contribution in [2.75, 3.05) is 13.7 Å². The Morgan fingerprint density at radius 3 is 2.27 bits per heavy atom. The van der Waals surface area contributed by atoms with E-state index in [4.69, 9.17) is 9.47 Å². The van der Waals surface area contributed by atoms with E-state index in [0.717, 1.165) is 35.7 Å². The van der Waals surface area contributed by atoms with Gasteiger partial charge in [0.2, 0.25) is 0 Å². The Balaban J connectivity index is 1.78. The molecule has 4 heteroatoms. The molecular formula is C22H30FNO2. The van der Waals surface area contributed by atoms with Crippen molar-refractivity contribution in [2.24, 2.45) is 0 Å². The predicted molar refractivity (Wildman–Crippen MR) is 104 cm³/mol. The van der Waals surface area contributed by atoms with Gasteiger partial charge in [0.1, 0.15) is 5.82 Å². The fraction of sp³-hybridized carbons (Fsp3) is 0.455. The number of rotatable bonds is 12. The van der Waals surface area contributed by atoms with Crippen molar-refractivity contribution in [1.82, 2.24) is 5.32 Å². The van der Waals surface area contributed by atoms with Gasteiger partial charge in [-0.15, -0.1) is 0 Å². The van der Waals surface area contributed by atoms with Crippen molar-refractivity contribution in [3.63, 3.8) is 0 Å². The quantitative estimate of drug-likeness (QED) is 0.510. The first-order valence-corrected chi connectivity index (χ1v) is 9.47. The maximum atomic E-state index is 12.9. The summed E-state index contributed by atoms with van der Waals surface area (Å²) >= 11 is 0. The van der Waals surface area contributed by atoms with Crippen LogP contribution in [0.2, 0.25) is 0 Å². The van der Waals surface area contributed by atoms with Crippen LogP contribution >= 0.6 is 0 Å². The maximum Gasteiger partial charge on any atom is 0.161 e. The highest BCUT2D eigenvalue weighted by molar-refractivity contribution is 5.43. The van der Waals surface area contributed by atoms with E-state index in [1.165, 1.54) is 37.8 Å². The van der Waals surface area contributed by atoms with Crippen molar-refractivity contribution in [1.29, 1.82) is 0 Å². The van der Waals surface area contributed by atoms with E-state index in [0.29, 0.717) is 13.1 Å². The molecule has 3 nitrogen and oxygen atoms in total. The molecule has 0 saturated carbocycles. The average Bonchev–Trinajstić information content (AvgIpc) is 2.66. The van der Waals surface area contributed by atoms with E-state index in [2.05, 4.69) is 12.2 Å². The molecule has 2 rings (SSSR count). The fourth-order valence-electron chi connectivity index (χ4n) is 2.78. The van der Waals surface area contributed by atoms with Crippen LogP contribution in [0.5, 0.6) is 11.5 Å². The lowest BCUT2D eigenvalue weighted by molar-refractivity contribution is 0.284. The van der Waals surface area contributed by atoms with E-state index in [-0.39, 0.29) is 5.82 Å². The summed E-state index contributed by atoms with van der Waals surface area (Å²) < 4.78 is 24.2. The summed E-state index contributed by atoms with van der Waals surface area (Å²) in [6.45, 7) is 4.35. The average molecular weight is 359 g/mol. The summed E-state index contributed by atoms with van der Waals surface area (Å²) in [5, 5.41) is 3.36. The molecule has 142 valence electrons. The van der Waals surface area contributed by atoms with Crippen LogP contribution in [0, 0.1) is 5.82 Å². The molecule has 0 heterocycles. The lowest BCUT2D eigenvalue weighted by Gasteiger charge is -2.13. The van der Waals surface area contributed by atoms with Crippen molar-refractivity contribution >= 4 is 0 Å². The van der Waals surface area contributed by atoms with Gasteiger partial charge < -0.3 is 14.8 Å². The van der Waals surface area contributed by atoms with Gasteiger partial charge in [-0.3, -0.25) is 0 Å². The number of halogens is 1. The van der Waals surface area contributed by atoms with Crippen LogP contribution < -0.4 is 14.8 Å². The molecule has 26 heavy (non-hydrogen) atoms. The summed E-state index contributed by atoms with van der Waals surface area (Å²) in [6, 6.07) is 12.6. The summed E-state index contributed by atoms with van der Waals surface area (Å²) in [7, 11) is 1.67. The number of nitrogens with one attached hydrogen (secondary N) is 1. The van der Waals surface area contributed by atoms with Crippen LogP contribution in [0.25, 0.3) is 0 Å². The molecule has 0 aromatic heterocycles. The molecule has 2 aromatic rings. The molecule has 0 aliphatic carbocycles. The van der Waals surface area contributed by atoms with Crippen LogP contribution in [0.15, 0.2) is 42.5 Å². The zero-order chi connectivity index (χ0) is 18.6. The zero-order valence-electron chi connectivity index (χ0n) is 15.9. The van der Waals surface area contributed by atoms with E-state index >= 15 is 0 Å². The standard InChI is InChI=1S/C22H30FNO2/c1-3-4-5-6-7-14-26-21-13-10-19(15-22(21)25-2)17-24-16-18-8-11-20(23)12-9-18/h8-13,15,24H,3-7,14,16-17H2,1-2H3.